The first-order valence-electron chi connectivity index (χ1n) is 17.9. The lowest BCUT2D eigenvalue weighted by Gasteiger charge is -2.50. The lowest BCUT2D eigenvalue weighted by molar-refractivity contribution is -0.134. The quantitative estimate of drug-likeness (QED) is 0.162. The number of cyclic esters (lactones) is 1. The summed E-state index contributed by atoms with van der Waals surface area (Å²) < 4.78 is 17.6. The van der Waals surface area contributed by atoms with Crippen molar-refractivity contribution >= 4 is 5.97 Å². The highest BCUT2D eigenvalue weighted by Gasteiger charge is 2.53. The number of benzene rings is 1. The molecule has 8 heteroatoms. The second-order valence-electron chi connectivity index (χ2n) is 14.4. The molecule has 4 aliphatic heterocycles. The Kier molecular flexibility index (Phi) is 10.9. The van der Waals surface area contributed by atoms with Crippen molar-refractivity contribution in [1.82, 2.24) is 4.90 Å². The van der Waals surface area contributed by atoms with Crippen LogP contribution in [-0.4, -0.2) is 71.2 Å². The molecule has 0 unspecified atom stereocenters. The number of unbranched alkanes of at least 4 members (excludes halogenated alkanes) is 2. The fraction of sp³-hybridized carbons (Fsp3) is 0.615. The van der Waals surface area contributed by atoms with Gasteiger partial charge in [0, 0.05) is 30.5 Å². The van der Waals surface area contributed by atoms with Crippen LogP contribution < -0.4 is 0 Å². The molecule has 8 nitrogen and oxygen atoms in total. The highest BCUT2D eigenvalue weighted by Crippen LogP contribution is 2.51. The number of methoxy groups -OCH3 is 1. The van der Waals surface area contributed by atoms with E-state index in [9.17, 15) is 20.1 Å². The number of hydrogen-bond acceptors (Lipinski definition) is 8. The number of piperidine rings is 1. The van der Waals surface area contributed by atoms with Crippen molar-refractivity contribution < 1.29 is 34.3 Å². The molecule has 0 amide bonds. The van der Waals surface area contributed by atoms with E-state index in [1.54, 1.807) is 0 Å². The zero-order valence-electron chi connectivity index (χ0n) is 28.3. The molecule has 2 saturated heterocycles. The Balaban J connectivity index is 1.34. The maximum atomic E-state index is 12.6. The van der Waals surface area contributed by atoms with Gasteiger partial charge in [-0.3, -0.25) is 4.90 Å². The van der Waals surface area contributed by atoms with Gasteiger partial charge in [0.25, 0.3) is 0 Å². The Morgan fingerprint density at radius 2 is 1.94 bits per heavy atom. The van der Waals surface area contributed by atoms with Crippen molar-refractivity contribution in [2.75, 3.05) is 26.9 Å². The molecule has 6 rings (SSSR count). The molecule has 1 aromatic carbocycles. The average Bonchev–Trinajstić information content (AvgIpc) is 3.54. The molecule has 47 heavy (non-hydrogen) atoms. The number of carbonyl (C=O) groups excluding carboxylic acids is 1. The molecule has 0 aromatic heterocycles. The summed E-state index contributed by atoms with van der Waals surface area (Å²) in [5, 5.41) is 32.9. The van der Waals surface area contributed by atoms with Gasteiger partial charge in [-0.15, -0.1) is 0 Å². The minimum absolute atomic E-state index is 0.0134. The Hall–Kier alpha value is -2.91. The van der Waals surface area contributed by atoms with Crippen LogP contribution in [-0.2, 0) is 31.8 Å². The van der Waals surface area contributed by atoms with Crippen LogP contribution in [0.4, 0.5) is 0 Å². The molecule has 0 spiro atoms. The van der Waals surface area contributed by atoms with Crippen molar-refractivity contribution in [3.63, 3.8) is 0 Å². The van der Waals surface area contributed by atoms with Crippen molar-refractivity contribution in [2.24, 2.45) is 29.6 Å². The summed E-state index contributed by atoms with van der Waals surface area (Å²) in [6.07, 6.45) is 16.4. The molecule has 5 aliphatic rings. The Labute approximate surface area is 279 Å². The van der Waals surface area contributed by atoms with E-state index in [4.69, 9.17) is 14.2 Å². The predicted molar refractivity (Wildman–Crippen MR) is 180 cm³/mol. The van der Waals surface area contributed by atoms with Gasteiger partial charge in [-0.05, 0) is 80.4 Å². The summed E-state index contributed by atoms with van der Waals surface area (Å²) in [6, 6.07) is 9.03. The number of carbonyl (C=O) groups is 1. The van der Waals surface area contributed by atoms with Gasteiger partial charge >= 0.3 is 5.97 Å². The minimum Gasteiger partial charge on any atom is -0.492 e. The van der Waals surface area contributed by atoms with Gasteiger partial charge in [0.1, 0.15) is 11.3 Å². The number of aliphatic hydroxyl groups excluding tert-OH is 3. The Bertz CT molecular complexity index is 1410. The molecule has 8 atom stereocenters. The fourth-order valence-electron chi connectivity index (χ4n) is 8.95. The number of allylic oxidation sites excluding steroid dienone is 1. The molecule has 256 valence electrons. The van der Waals surface area contributed by atoms with E-state index in [0.29, 0.717) is 17.6 Å². The van der Waals surface area contributed by atoms with Gasteiger partial charge in [-0.25, -0.2) is 4.79 Å². The third-order valence-corrected chi connectivity index (χ3v) is 11.2. The number of nitrogens with zero attached hydrogens (tertiary/aromatic N) is 1. The van der Waals surface area contributed by atoms with E-state index in [-0.39, 0.29) is 47.6 Å². The van der Waals surface area contributed by atoms with E-state index < -0.39 is 24.6 Å². The number of hydrogen-bond donors (Lipinski definition) is 3. The highest BCUT2D eigenvalue weighted by molar-refractivity contribution is 5.94. The first-order chi connectivity index (χ1) is 22.9. The van der Waals surface area contributed by atoms with E-state index in [1.807, 2.05) is 0 Å². The molecule has 1 aromatic rings. The van der Waals surface area contributed by atoms with Crippen molar-refractivity contribution in [3.8, 4) is 0 Å². The third-order valence-electron chi connectivity index (χ3n) is 11.2. The molecule has 0 radical (unpaired) electrons. The van der Waals surface area contributed by atoms with Gasteiger partial charge in [-0.1, -0.05) is 63.1 Å². The molecular formula is C39H53NO7. The lowest BCUT2D eigenvalue weighted by atomic mass is 9.71. The van der Waals surface area contributed by atoms with E-state index in [0.717, 1.165) is 57.2 Å². The first kappa shape index (κ1) is 34.0. The van der Waals surface area contributed by atoms with Crippen molar-refractivity contribution in [3.05, 3.63) is 82.2 Å². The summed E-state index contributed by atoms with van der Waals surface area (Å²) in [7, 11) is 1.44. The van der Waals surface area contributed by atoms with Crippen LogP contribution in [0.3, 0.4) is 0 Å². The van der Waals surface area contributed by atoms with E-state index >= 15 is 0 Å². The number of ether oxygens (including phenoxy) is 3. The second-order valence-corrected chi connectivity index (χ2v) is 14.4. The Morgan fingerprint density at radius 3 is 2.68 bits per heavy atom. The van der Waals surface area contributed by atoms with Crippen LogP contribution in [0.25, 0.3) is 0 Å². The second kappa shape index (κ2) is 15.1. The lowest BCUT2D eigenvalue weighted by Crippen LogP contribution is -2.58. The normalized spacial score (nSPS) is 33.1. The predicted octanol–water partition coefficient (Wildman–Crippen LogP) is 5.58. The minimum atomic E-state index is -0.664. The largest absolute Gasteiger partial charge is 0.492 e. The SMILES string of the molecule is CCCCCc1cccc(C[C@H]2C[C@@H]([C@@H](O)[C@@H]3C=CC[C@@H](C)C3)N3CCC=C4O/C(=C5\OC(=O)C(CO)=C5OC)[C@@H](CO)[C@@H]4[C@@H]3C2)c1. The summed E-state index contributed by atoms with van der Waals surface area (Å²) in [5.41, 5.74) is 2.78. The summed E-state index contributed by atoms with van der Waals surface area (Å²) in [5.74, 6) is 1.13. The van der Waals surface area contributed by atoms with Crippen LogP contribution in [0.2, 0.25) is 0 Å². The molecule has 0 saturated carbocycles. The topological polar surface area (TPSA) is 109 Å². The van der Waals surface area contributed by atoms with Crippen LogP contribution >= 0.6 is 0 Å². The van der Waals surface area contributed by atoms with E-state index in [2.05, 4.69) is 61.2 Å². The number of rotatable bonds is 11. The summed E-state index contributed by atoms with van der Waals surface area (Å²) >= 11 is 0. The van der Waals surface area contributed by atoms with Gasteiger partial charge in [-0.2, -0.15) is 0 Å². The third kappa shape index (κ3) is 6.98. The zero-order chi connectivity index (χ0) is 33.1. The standard InChI is InChI=1S/C39H53NO7/c1-4-5-6-11-25-12-8-13-26(18-25)19-27-20-31-34-29(22-41)37(38-36(45-3)30(23-42)39(44)47-38)46-33(34)15-9-16-40(31)32(21-27)35(43)28-14-7-10-24(2)17-28/h7-8,12-15,18,24,27-29,31-32,34-35,41-43H,4-6,9-11,16-17,19-23H2,1-3H3/b38-37-/t24-,27-,28-,29+,31+,32+,34-,35+/m1/s1. The van der Waals surface area contributed by atoms with Gasteiger partial charge in [0.2, 0.25) is 5.76 Å². The highest BCUT2D eigenvalue weighted by atomic mass is 16.6. The first-order valence-corrected chi connectivity index (χ1v) is 17.9. The number of esters is 1. The van der Waals surface area contributed by atoms with Crippen molar-refractivity contribution in [1.29, 1.82) is 0 Å². The Morgan fingerprint density at radius 1 is 1.11 bits per heavy atom. The molecule has 0 bridgehead atoms. The monoisotopic (exact) mass is 647 g/mol. The average molecular weight is 648 g/mol. The smallest absolute Gasteiger partial charge is 0.345 e. The van der Waals surface area contributed by atoms with Gasteiger partial charge in [0.05, 0.1) is 32.3 Å². The van der Waals surface area contributed by atoms with Gasteiger partial charge in [0.15, 0.2) is 11.5 Å². The van der Waals surface area contributed by atoms with Gasteiger partial charge < -0.3 is 29.5 Å². The summed E-state index contributed by atoms with van der Waals surface area (Å²) in [6.45, 7) is 4.60. The zero-order valence-corrected chi connectivity index (χ0v) is 28.3. The van der Waals surface area contributed by atoms with Crippen LogP contribution in [0.5, 0.6) is 0 Å². The molecule has 4 heterocycles. The van der Waals surface area contributed by atoms with Crippen molar-refractivity contribution in [2.45, 2.75) is 96.2 Å². The molecule has 1 aliphatic carbocycles. The van der Waals surface area contributed by atoms with Crippen LogP contribution in [0.15, 0.2) is 71.1 Å². The van der Waals surface area contributed by atoms with Crippen LogP contribution in [0.1, 0.15) is 76.3 Å². The maximum Gasteiger partial charge on any atom is 0.345 e. The number of aliphatic hydroxyl groups is 3. The maximum absolute atomic E-state index is 12.6. The molecule has 3 N–H and O–H groups in total. The number of fused-ring (bicyclic) bond motifs is 3. The van der Waals surface area contributed by atoms with Crippen LogP contribution in [0, 0.1) is 29.6 Å². The number of aryl methyl sites for hydroxylation is 1. The molecular weight excluding hydrogens is 594 g/mol. The molecule has 2 fully saturated rings. The van der Waals surface area contributed by atoms with E-state index in [1.165, 1.54) is 37.5 Å². The summed E-state index contributed by atoms with van der Waals surface area (Å²) in [4.78, 5) is 15.1. The fourth-order valence-corrected chi connectivity index (χ4v) is 8.95.